The number of phenolic OH excluding ortho intramolecular Hbond substituents is 2. The lowest BCUT2D eigenvalue weighted by Gasteiger charge is -2.09. The van der Waals surface area contributed by atoms with Crippen molar-refractivity contribution in [1.82, 2.24) is 0 Å². The van der Waals surface area contributed by atoms with E-state index in [1.165, 1.54) is 18.3 Å². The van der Waals surface area contributed by atoms with Crippen LogP contribution < -0.4 is 10.9 Å². The number of para-hydroxylation sites is 1. The molecule has 0 saturated heterocycles. The van der Waals surface area contributed by atoms with Crippen molar-refractivity contribution >= 4 is 57.0 Å². The highest BCUT2D eigenvalue weighted by Crippen LogP contribution is 2.45. The van der Waals surface area contributed by atoms with Gasteiger partial charge in [-0.2, -0.15) is 5.10 Å². The molecule has 1 aromatic heterocycles. The van der Waals surface area contributed by atoms with Gasteiger partial charge in [0.15, 0.2) is 22.9 Å². The number of anilines is 1. The highest BCUT2D eigenvalue weighted by Gasteiger charge is 2.22. The van der Waals surface area contributed by atoms with Crippen molar-refractivity contribution in [2.75, 3.05) is 5.43 Å². The van der Waals surface area contributed by atoms with Crippen LogP contribution >= 0.6 is 23.2 Å². The van der Waals surface area contributed by atoms with Crippen LogP contribution in [0.25, 0.3) is 21.9 Å². The van der Waals surface area contributed by atoms with E-state index in [1.54, 1.807) is 12.1 Å². The number of hydrogen-bond donors (Lipinski definition) is 3. The van der Waals surface area contributed by atoms with Gasteiger partial charge >= 0.3 is 0 Å². The predicted molar refractivity (Wildman–Crippen MR) is 111 cm³/mol. The Balaban J connectivity index is 1.86. The molecule has 0 spiro atoms. The molecular weight excluding hydrogens is 441 g/mol. The molecule has 0 fully saturated rings. The van der Waals surface area contributed by atoms with Crippen molar-refractivity contribution in [1.29, 1.82) is 0 Å². The summed E-state index contributed by atoms with van der Waals surface area (Å²) in [4.78, 5) is 12.9. The van der Waals surface area contributed by atoms with Gasteiger partial charge in [0.05, 0.1) is 17.3 Å². The van der Waals surface area contributed by atoms with E-state index in [0.717, 1.165) is 6.07 Å². The molecule has 0 radical (unpaired) electrons. The molecule has 0 unspecified atom stereocenters. The first-order valence-electron chi connectivity index (χ1n) is 8.32. The van der Waals surface area contributed by atoms with Crippen LogP contribution in [-0.2, 0) is 0 Å². The number of benzene rings is 3. The highest BCUT2D eigenvalue weighted by molar-refractivity contribution is 6.42. The van der Waals surface area contributed by atoms with Crippen LogP contribution in [0.2, 0.25) is 10.0 Å². The molecule has 30 heavy (non-hydrogen) atoms. The Morgan fingerprint density at radius 2 is 1.80 bits per heavy atom. The van der Waals surface area contributed by atoms with Crippen LogP contribution in [0, 0.1) is 11.6 Å². The third kappa shape index (κ3) is 3.20. The van der Waals surface area contributed by atoms with Gasteiger partial charge < -0.3 is 14.6 Å². The fourth-order valence-electron chi connectivity index (χ4n) is 2.89. The summed E-state index contributed by atoms with van der Waals surface area (Å²) in [6.07, 6.45) is 1.25. The predicted octanol–water partition coefficient (Wildman–Crippen LogP) is 5.39. The molecular formula is C20H10Cl2F2N2O4. The fraction of sp³-hybridized carbons (Fsp3) is 0. The van der Waals surface area contributed by atoms with Gasteiger partial charge in [-0.05, 0) is 24.3 Å². The minimum atomic E-state index is -0.836. The van der Waals surface area contributed by atoms with Crippen molar-refractivity contribution in [3.8, 4) is 11.5 Å². The smallest absolute Gasteiger partial charge is 0.204 e. The van der Waals surface area contributed by atoms with E-state index in [4.69, 9.17) is 27.6 Å². The fourth-order valence-corrected chi connectivity index (χ4v) is 3.35. The summed E-state index contributed by atoms with van der Waals surface area (Å²) in [6.45, 7) is 0. The maximum atomic E-state index is 13.7. The first-order chi connectivity index (χ1) is 14.3. The van der Waals surface area contributed by atoms with Crippen LogP contribution in [0.4, 0.5) is 14.5 Å². The van der Waals surface area contributed by atoms with Crippen molar-refractivity contribution < 1.29 is 23.4 Å². The molecule has 6 nitrogen and oxygen atoms in total. The van der Waals surface area contributed by atoms with Crippen LogP contribution in [0.1, 0.15) is 5.56 Å². The summed E-state index contributed by atoms with van der Waals surface area (Å²) in [7, 11) is 0. The monoisotopic (exact) mass is 450 g/mol. The molecule has 152 valence electrons. The molecule has 1 heterocycles. The van der Waals surface area contributed by atoms with Crippen LogP contribution in [-0.4, -0.2) is 16.4 Å². The molecule has 0 aliphatic heterocycles. The molecule has 0 bridgehead atoms. The summed E-state index contributed by atoms with van der Waals surface area (Å²) in [5.74, 6) is -2.85. The van der Waals surface area contributed by atoms with E-state index in [0.29, 0.717) is 11.6 Å². The van der Waals surface area contributed by atoms with Gasteiger partial charge in [0, 0.05) is 11.6 Å². The van der Waals surface area contributed by atoms with Crippen LogP contribution in [0.3, 0.4) is 0 Å². The molecule has 3 N–H and O–H groups in total. The molecule has 0 saturated carbocycles. The van der Waals surface area contributed by atoms with Gasteiger partial charge in [-0.1, -0.05) is 29.3 Å². The zero-order chi connectivity index (χ0) is 21.6. The van der Waals surface area contributed by atoms with Crippen molar-refractivity contribution in [3.63, 3.8) is 0 Å². The average Bonchev–Trinajstić information content (AvgIpc) is 2.72. The minimum absolute atomic E-state index is 0.0585. The largest absolute Gasteiger partial charge is 0.505 e. The second-order valence-corrected chi connectivity index (χ2v) is 6.93. The number of hydrazone groups is 1. The standard InChI is InChI=1S/C20H10Cl2F2N2O4/c21-14-17(28)13-16(27)10-3-1-2-8(19(10)30-20(13)15(22)18(14)29)7-25-26-12-5-4-9(23)6-11(12)24/h1-7,26,28-29H/b25-7-. The Morgan fingerprint density at radius 3 is 2.53 bits per heavy atom. The number of fused-ring (bicyclic) bond motifs is 2. The first-order valence-corrected chi connectivity index (χ1v) is 9.07. The summed E-state index contributed by atoms with van der Waals surface area (Å²) in [5.41, 5.74) is 1.85. The molecule has 0 amide bonds. The van der Waals surface area contributed by atoms with Crippen molar-refractivity contribution in [2.45, 2.75) is 0 Å². The second kappa shape index (κ2) is 7.47. The van der Waals surface area contributed by atoms with Gasteiger partial charge in [-0.25, -0.2) is 8.78 Å². The average molecular weight is 451 g/mol. The summed E-state index contributed by atoms with van der Waals surface area (Å²) in [5, 5.41) is 23.0. The summed E-state index contributed by atoms with van der Waals surface area (Å²) < 4.78 is 32.4. The Labute approximate surface area is 176 Å². The number of rotatable bonds is 3. The number of nitrogens with one attached hydrogen (secondary N) is 1. The third-order valence-electron chi connectivity index (χ3n) is 4.33. The van der Waals surface area contributed by atoms with Gasteiger partial charge in [0.25, 0.3) is 0 Å². The Bertz CT molecular complexity index is 1420. The maximum Gasteiger partial charge on any atom is 0.204 e. The van der Waals surface area contributed by atoms with Gasteiger partial charge in [0.2, 0.25) is 5.43 Å². The third-order valence-corrected chi connectivity index (χ3v) is 5.04. The molecule has 0 aliphatic rings. The van der Waals surface area contributed by atoms with Gasteiger partial charge in [-0.15, -0.1) is 0 Å². The number of nitrogens with zero attached hydrogens (tertiary/aromatic N) is 1. The van der Waals surface area contributed by atoms with E-state index in [9.17, 15) is 23.8 Å². The number of halogens is 4. The maximum absolute atomic E-state index is 13.7. The highest BCUT2D eigenvalue weighted by atomic mass is 35.5. The summed E-state index contributed by atoms with van der Waals surface area (Å²) in [6, 6.07) is 7.51. The van der Waals surface area contributed by atoms with Crippen molar-refractivity contribution in [2.24, 2.45) is 5.10 Å². The quantitative estimate of drug-likeness (QED) is 0.221. The molecule has 4 rings (SSSR count). The lowest BCUT2D eigenvalue weighted by molar-refractivity contribution is 0.453. The second-order valence-electron chi connectivity index (χ2n) is 6.18. The van der Waals surface area contributed by atoms with E-state index in [1.807, 2.05) is 0 Å². The molecule has 10 heteroatoms. The lowest BCUT2D eigenvalue weighted by atomic mass is 10.1. The Hall–Kier alpha value is -3.36. The van der Waals surface area contributed by atoms with Crippen molar-refractivity contribution in [3.05, 3.63) is 73.9 Å². The molecule has 3 aromatic carbocycles. The lowest BCUT2D eigenvalue weighted by Crippen LogP contribution is -2.04. The number of aromatic hydroxyl groups is 2. The van der Waals surface area contributed by atoms with Gasteiger partial charge in [-0.3, -0.25) is 10.2 Å². The molecule has 0 aliphatic carbocycles. The zero-order valence-electron chi connectivity index (χ0n) is 14.7. The van der Waals surface area contributed by atoms with Crippen LogP contribution in [0.15, 0.2) is 50.7 Å². The molecule has 4 aromatic rings. The van der Waals surface area contributed by atoms with Crippen LogP contribution in [0.5, 0.6) is 11.5 Å². The molecule has 0 atom stereocenters. The Morgan fingerprint density at radius 1 is 1.03 bits per heavy atom. The SMILES string of the molecule is O=c1c2cccc(/C=N\Nc3ccc(F)cc3F)c2oc2c(Cl)c(O)c(Cl)c(O)c12. The van der Waals surface area contributed by atoms with Gasteiger partial charge in [0.1, 0.15) is 26.8 Å². The minimum Gasteiger partial charge on any atom is -0.505 e. The topological polar surface area (TPSA) is 95.1 Å². The number of hydrogen-bond acceptors (Lipinski definition) is 6. The van der Waals surface area contributed by atoms with E-state index >= 15 is 0 Å². The normalized spacial score (nSPS) is 11.6. The number of phenols is 2. The first kappa shape index (κ1) is 19.9. The zero-order valence-corrected chi connectivity index (χ0v) is 16.2. The summed E-state index contributed by atoms with van der Waals surface area (Å²) >= 11 is 11.9. The van der Waals surface area contributed by atoms with E-state index in [2.05, 4.69) is 10.5 Å². The van der Waals surface area contributed by atoms with E-state index in [-0.39, 0.29) is 32.6 Å². The van der Waals surface area contributed by atoms with E-state index < -0.39 is 33.6 Å². The Kier molecular flexibility index (Phi) is 4.97.